The largest absolute Gasteiger partial charge is 0.379 e. The van der Waals surface area contributed by atoms with Crippen LogP contribution in [0.3, 0.4) is 0 Å². The molecule has 0 saturated carbocycles. The molecule has 25 heavy (non-hydrogen) atoms. The first kappa shape index (κ1) is 17.1. The van der Waals surface area contributed by atoms with Crippen molar-refractivity contribution in [3.63, 3.8) is 0 Å². The number of anilines is 1. The van der Waals surface area contributed by atoms with Gasteiger partial charge in [0, 0.05) is 25.3 Å². The van der Waals surface area contributed by atoms with Crippen molar-refractivity contribution in [2.75, 3.05) is 31.6 Å². The van der Waals surface area contributed by atoms with Crippen LogP contribution in [-0.4, -0.2) is 51.8 Å². The number of carbonyl (C=O) groups excluding carboxylic acids is 1. The fourth-order valence-electron chi connectivity index (χ4n) is 2.65. The van der Waals surface area contributed by atoms with Gasteiger partial charge in [-0.25, -0.2) is 0 Å². The standard InChI is InChI=1S/C16H19N5O4/c22-16(12-20-11-15(9-17-20)21(23)24)18-14-3-1-2-13(8-14)10-19-4-6-25-7-5-19/h1-3,8-9,11H,4-7,10,12H2,(H,18,22). The van der Waals surface area contributed by atoms with Crippen LogP contribution in [0.4, 0.5) is 11.4 Å². The lowest BCUT2D eigenvalue weighted by Gasteiger charge is -2.26. The molecule has 3 rings (SSSR count). The van der Waals surface area contributed by atoms with E-state index >= 15 is 0 Å². The predicted molar refractivity (Wildman–Crippen MR) is 90.0 cm³/mol. The molecule has 1 aliphatic rings. The minimum Gasteiger partial charge on any atom is -0.379 e. The molecule has 0 spiro atoms. The summed E-state index contributed by atoms with van der Waals surface area (Å²) in [5.41, 5.74) is 1.66. The van der Waals surface area contributed by atoms with Crippen LogP contribution in [0.25, 0.3) is 0 Å². The van der Waals surface area contributed by atoms with Crippen LogP contribution in [0.1, 0.15) is 5.56 Å². The zero-order valence-corrected chi connectivity index (χ0v) is 13.6. The molecule has 132 valence electrons. The number of ether oxygens (including phenoxy) is 1. The number of morpholine rings is 1. The molecule has 1 aliphatic heterocycles. The van der Waals surface area contributed by atoms with Crippen LogP contribution in [0.5, 0.6) is 0 Å². The van der Waals surface area contributed by atoms with E-state index in [1.807, 2.05) is 24.3 Å². The smallest absolute Gasteiger partial charge is 0.307 e. The number of nitrogens with one attached hydrogen (secondary N) is 1. The van der Waals surface area contributed by atoms with Crippen molar-refractivity contribution < 1.29 is 14.5 Å². The van der Waals surface area contributed by atoms with Crippen LogP contribution in [0.15, 0.2) is 36.7 Å². The van der Waals surface area contributed by atoms with Gasteiger partial charge in [0.05, 0.1) is 18.1 Å². The van der Waals surface area contributed by atoms with E-state index < -0.39 is 4.92 Å². The van der Waals surface area contributed by atoms with Crippen molar-refractivity contribution in [2.24, 2.45) is 0 Å². The minimum atomic E-state index is -0.545. The molecule has 1 N–H and O–H groups in total. The highest BCUT2D eigenvalue weighted by atomic mass is 16.6. The van der Waals surface area contributed by atoms with Gasteiger partial charge in [0.15, 0.2) is 0 Å². The van der Waals surface area contributed by atoms with Crippen molar-refractivity contribution in [2.45, 2.75) is 13.1 Å². The minimum absolute atomic E-state index is 0.0818. The molecule has 2 heterocycles. The molecule has 0 atom stereocenters. The number of benzene rings is 1. The van der Waals surface area contributed by atoms with E-state index in [0.717, 1.165) is 44.6 Å². The van der Waals surface area contributed by atoms with Gasteiger partial charge >= 0.3 is 5.69 Å². The maximum atomic E-state index is 12.1. The first-order chi connectivity index (χ1) is 12.1. The average molecular weight is 345 g/mol. The number of hydrogen-bond acceptors (Lipinski definition) is 6. The van der Waals surface area contributed by atoms with Crippen LogP contribution >= 0.6 is 0 Å². The van der Waals surface area contributed by atoms with Gasteiger partial charge in [0.2, 0.25) is 5.91 Å². The number of nitro groups is 1. The summed E-state index contributed by atoms with van der Waals surface area (Å²) in [7, 11) is 0. The van der Waals surface area contributed by atoms with Crippen LogP contribution in [0, 0.1) is 10.1 Å². The number of aromatic nitrogens is 2. The monoisotopic (exact) mass is 345 g/mol. The van der Waals surface area contributed by atoms with Crippen molar-refractivity contribution in [3.8, 4) is 0 Å². The summed E-state index contributed by atoms with van der Waals surface area (Å²) >= 11 is 0. The zero-order chi connectivity index (χ0) is 17.6. The maximum absolute atomic E-state index is 12.1. The molecule has 1 aromatic carbocycles. The van der Waals surface area contributed by atoms with E-state index in [9.17, 15) is 14.9 Å². The summed E-state index contributed by atoms with van der Waals surface area (Å²) in [4.78, 5) is 24.5. The van der Waals surface area contributed by atoms with Crippen molar-refractivity contribution in [3.05, 3.63) is 52.3 Å². The topological polar surface area (TPSA) is 103 Å². The first-order valence-corrected chi connectivity index (χ1v) is 7.96. The summed E-state index contributed by atoms with van der Waals surface area (Å²) in [6.45, 7) is 4.00. The molecule has 0 aliphatic carbocycles. The summed E-state index contributed by atoms with van der Waals surface area (Å²) in [6.07, 6.45) is 2.35. The van der Waals surface area contributed by atoms with Crippen LogP contribution < -0.4 is 5.32 Å². The van der Waals surface area contributed by atoms with E-state index in [0.29, 0.717) is 5.69 Å². The van der Waals surface area contributed by atoms with Crippen molar-refractivity contribution in [1.29, 1.82) is 0 Å². The third-order valence-electron chi connectivity index (χ3n) is 3.86. The summed E-state index contributed by atoms with van der Waals surface area (Å²) in [6, 6.07) is 7.65. The van der Waals surface area contributed by atoms with Gasteiger partial charge in [-0.1, -0.05) is 12.1 Å². The van der Waals surface area contributed by atoms with Crippen molar-refractivity contribution >= 4 is 17.3 Å². The third-order valence-corrected chi connectivity index (χ3v) is 3.86. The van der Waals surface area contributed by atoms with E-state index in [-0.39, 0.29) is 18.1 Å². The lowest BCUT2D eigenvalue weighted by molar-refractivity contribution is -0.385. The van der Waals surface area contributed by atoms with Gasteiger partial charge in [-0.15, -0.1) is 0 Å². The van der Waals surface area contributed by atoms with E-state index in [4.69, 9.17) is 4.74 Å². The average Bonchev–Trinajstić information content (AvgIpc) is 3.05. The van der Waals surface area contributed by atoms with Crippen LogP contribution in [0.2, 0.25) is 0 Å². The predicted octanol–water partition coefficient (Wildman–Crippen LogP) is 1.26. The maximum Gasteiger partial charge on any atom is 0.307 e. The molecule has 1 aromatic heterocycles. The van der Waals surface area contributed by atoms with Gasteiger partial charge < -0.3 is 10.1 Å². The van der Waals surface area contributed by atoms with Gasteiger partial charge in [0.25, 0.3) is 0 Å². The Morgan fingerprint density at radius 1 is 1.36 bits per heavy atom. The van der Waals surface area contributed by atoms with E-state index in [1.54, 1.807) is 0 Å². The Kier molecular flexibility index (Phi) is 5.36. The SMILES string of the molecule is O=C(Cn1cc([N+](=O)[O-])cn1)Nc1cccc(CN2CCOCC2)c1. The Morgan fingerprint density at radius 2 is 2.16 bits per heavy atom. The fraction of sp³-hybridized carbons (Fsp3) is 0.375. The molecule has 0 radical (unpaired) electrons. The van der Waals surface area contributed by atoms with Gasteiger partial charge in [-0.05, 0) is 17.7 Å². The normalized spacial score (nSPS) is 15.0. The summed E-state index contributed by atoms with van der Waals surface area (Å²) in [5.74, 6) is -0.290. The molecule has 2 aromatic rings. The van der Waals surface area contributed by atoms with Crippen molar-refractivity contribution in [1.82, 2.24) is 14.7 Å². The molecule has 1 saturated heterocycles. The quantitative estimate of drug-likeness (QED) is 0.625. The second-order valence-electron chi connectivity index (χ2n) is 5.79. The zero-order valence-electron chi connectivity index (χ0n) is 13.6. The number of carbonyl (C=O) groups is 1. The summed E-state index contributed by atoms with van der Waals surface area (Å²) < 4.78 is 6.58. The van der Waals surface area contributed by atoms with Gasteiger partial charge in [-0.2, -0.15) is 5.10 Å². The Morgan fingerprint density at radius 3 is 2.88 bits per heavy atom. The van der Waals surface area contributed by atoms with Crippen LogP contribution in [-0.2, 0) is 22.6 Å². The lowest BCUT2D eigenvalue weighted by Crippen LogP contribution is -2.35. The molecule has 1 fully saturated rings. The van der Waals surface area contributed by atoms with E-state index in [1.165, 1.54) is 10.9 Å². The molecular formula is C16H19N5O4. The second-order valence-corrected chi connectivity index (χ2v) is 5.79. The first-order valence-electron chi connectivity index (χ1n) is 7.96. The molecule has 0 bridgehead atoms. The second kappa shape index (κ2) is 7.86. The summed E-state index contributed by atoms with van der Waals surface area (Å²) in [5, 5.41) is 17.2. The number of hydrogen-bond donors (Lipinski definition) is 1. The molecule has 9 heteroatoms. The lowest BCUT2D eigenvalue weighted by atomic mass is 10.2. The highest BCUT2D eigenvalue weighted by Crippen LogP contribution is 2.14. The molecular weight excluding hydrogens is 326 g/mol. The number of nitrogens with zero attached hydrogens (tertiary/aromatic N) is 4. The molecule has 1 amide bonds. The molecule has 9 nitrogen and oxygen atoms in total. The molecule has 0 unspecified atom stereocenters. The Balaban J connectivity index is 1.57. The highest BCUT2D eigenvalue weighted by molar-refractivity contribution is 5.90. The fourth-order valence-corrected chi connectivity index (χ4v) is 2.65. The Bertz CT molecular complexity index is 754. The number of amides is 1. The number of rotatable bonds is 6. The highest BCUT2D eigenvalue weighted by Gasteiger charge is 2.13. The van der Waals surface area contributed by atoms with E-state index in [2.05, 4.69) is 15.3 Å². The third kappa shape index (κ3) is 4.85. The Labute approximate surface area is 144 Å². The van der Waals surface area contributed by atoms with Gasteiger partial charge in [-0.3, -0.25) is 24.5 Å². The Hall–Kier alpha value is -2.78. The van der Waals surface area contributed by atoms with Gasteiger partial charge in [0.1, 0.15) is 18.9 Å².